The average Bonchev–Trinajstić information content (AvgIpc) is 2.97. The summed E-state index contributed by atoms with van der Waals surface area (Å²) in [6.45, 7) is 0. The van der Waals surface area contributed by atoms with Crippen molar-refractivity contribution in [1.29, 1.82) is 0 Å². The molecule has 0 aliphatic carbocycles. The Kier molecular flexibility index (Phi) is 8.31. The smallest absolute Gasteiger partial charge is 0.276 e. The van der Waals surface area contributed by atoms with E-state index in [4.69, 9.17) is 23.2 Å². The number of nitrogens with one attached hydrogen (secondary N) is 4. The van der Waals surface area contributed by atoms with Gasteiger partial charge in [0, 0.05) is 24.1 Å². The number of H-pyrrole nitrogens is 2. The number of aliphatic hydroxyl groups excluding tert-OH is 2. The van der Waals surface area contributed by atoms with Crippen molar-refractivity contribution in [3.05, 3.63) is 114 Å². The summed E-state index contributed by atoms with van der Waals surface area (Å²) in [6, 6.07) is 15.9. The van der Waals surface area contributed by atoms with Crippen molar-refractivity contribution in [3.8, 4) is 0 Å². The number of aromatic nitrogens is 4. The summed E-state index contributed by atoms with van der Waals surface area (Å²) >= 11 is 12.0. The maximum atomic E-state index is 12.9. The third kappa shape index (κ3) is 5.74. The zero-order valence-corrected chi connectivity index (χ0v) is 23.7. The lowest BCUT2D eigenvalue weighted by Crippen LogP contribution is -2.28. The van der Waals surface area contributed by atoms with Gasteiger partial charge in [-0.1, -0.05) is 47.5 Å². The van der Waals surface area contributed by atoms with Crippen LogP contribution in [0.5, 0.6) is 0 Å². The predicted octanol–water partition coefficient (Wildman–Crippen LogP) is 2.78. The Bertz CT molecular complexity index is 1830. The highest BCUT2D eigenvalue weighted by Gasteiger charge is 2.25. The Morgan fingerprint density at radius 2 is 1.10 bits per heavy atom. The molecule has 3 aromatic carbocycles. The number of hydrogen-bond acceptors (Lipinski definition) is 10. The van der Waals surface area contributed by atoms with E-state index in [2.05, 4.69) is 41.0 Å². The third-order valence-electron chi connectivity index (χ3n) is 6.34. The molecule has 42 heavy (non-hydrogen) atoms. The van der Waals surface area contributed by atoms with Gasteiger partial charge in [0.2, 0.25) is 0 Å². The third-order valence-corrected chi connectivity index (χ3v) is 6.81. The molecule has 0 aliphatic rings. The second-order valence-electron chi connectivity index (χ2n) is 9.07. The van der Waals surface area contributed by atoms with Crippen molar-refractivity contribution in [2.75, 3.05) is 14.1 Å². The first kappa shape index (κ1) is 28.9. The van der Waals surface area contributed by atoms with Gasteiger partial charge in [0.1, 0.15) is 23.6 Å². The lowest BCUT2D eigenvalue weighted by atomic mass is 9.97. The van der Waals surface area contributed by atoms with E-state index in [-0.39, 0.29) is 22.8 Å². The summed E-state index contributed by atoms with van der Waals surface area (Å²) in [5, 5.41) is 31.6. The molecule has 0 aliphatic heterocycles. The van der Waals surface area contributed by atoms with Gasteiger partial charge in [0.15, 0.2) is 11.4 Å². The van der Waals surface area contributed by atoms with Crippen LogP contribution >= 0.6 is 23.2 Å². The van der Waals surface area contributed by atoms with E-state index in [9.17, 15) is 19.8 Å². The van der Waals surface area contributed by atoms with E-state index in [1.807, 2.05) is 0 Å². The zero-order chi connectivity index (χ0) is 30.0. The van der Waals surface area contributed by atoms with Crippen molar-refractivity contribution >= 4 is 56.7 Å². The Balaban J connectivity index is 1.47. The molecule has 0 saturated heterocycles. The van der Waals surface area contributed by atoms with Gasteiger partial charge in [-0.25, -0.2) is 9.97 Å². The molecule has 14 heteroatoms. The van der Waals surface area contributed by atoms with Gasteiger partial charge in [-0.15, -0.1) is 0 Å². The fraction of sp³-hybridized carbons (Fsp3) is 0.143. The highest BCUT2D eigenvalue weighted by molar-refractivity contribution is 6.31. The number of aromatic amines is 2. The van der Waals surface area contributed by atoms with Gasteiger partial charge in [-0.3, -0.25) is 9.59 Å². The normalized spacial score (nSPS) is 13.8. The van der Waals surface area contributed by atoms with E-state index in [1.54, 1.807) is 60.7 Å². The first-order valence-corrected chi connectivity index (χ1v) is 13.3. The molecule has 214 valence electrons. The number of fused-ring (bicyclic) bond motifs is 2. The Morgan fingerprint density at radius 1 is 0.714 bits per heavy atom. The summed E-state index contributed by atoms with van der Waals surface area (Å²) < 4.78 is 0. The summed E-state index contributed by atoms with van der Waals surface area (Å²) in [4.78, 5) is 39.9. The van der Waals surface area contributed by atoms with E-state index < -0.39 is 23.3 Å². The molecule has 5 rings (SSSR count). The lowest BCUT2D eigenvalue weighted by molar-refractivity contribution is 0.243. The average molecular weight is 607 g/mol. The van der Waals surface area contributed by atoms with Crippen molar-refractivity contribution in [1.82, 2.24) is 30.8 Å². The minimum atomic E-state index is -1.36. The maximum Gasteiger partial charge on any atom is 0.276 e. The first-order valence-electron chi connectivity index (χ1n) is 12.5. The quantitative estimate of drug-likeness (QED) is 0.115. The van der Waals surface area contributed by atoms with Gasteiger partial charge >= 0.3 is 0 Å². The van der Waals surface area contributed by atoms with Gasteiger partial charge in [-0.05, 0) is 47.5 Å². The van der Waals surface area contributed by atoms with Crippen LogP contribution in [0.1, 0.15) is 34.7 Å². The minimum Gasteiger partial charge on any atom is -0.382 e. The number of aliphatic hydroxyl groups is 2. The SMILES string of the molecule is CN/N=C(\c1nc2ccc(Cl)cc2[nH]c1=O)[C@@H](O)c1ccc([C@@H](O)/C(=N/NC)c2nc3ccc(Cl)cc3[nH]c2=O)cc1. The van der Waals surface area contributed by atoms with Crippen molar-refractivity contribution in [3.63, 3.8) is 0 Å². The molecular formula is C28H24Cl2N8O4. The van der Waals surface area contributed by atoms with E-state index in [1.165, 1.54) is 14.1 Å². The Hall–Kier alpha value is -4.62. The fourth-order valence-corrected chi connectivity index (χ4v) is 4.71. The number of halogens is 2. The number of hydrazone groups is 2. The van der Waals surface area contributed by atoms with Crippen LogP contribution in [0.25, 0.3) is 22.1 Å². The van der Waals surface area contributed by atoms with Gasteiger partial charge in [-0.2, -0.15) is 10.2 Å². The zero-order valence-electron chi connectivity index (χ0n) is 22.2. The number of benzene rings is 3. The van der Waals surface area contributed by atoms with Crippen LogP contribution in [-0.2, 0) is 0 Å². The summed E-state index contributed by atoms with van der Waals surface area (Å²) in [6.07, 6.45) is -2.71. The van der Waals surface area contributed by atoms with Crippen molar-refractivity contribution in [2.45, 2.75) is 12.2 Å². The molecule has 0 saturated carbocycles. The molecule has 0 amide bonds. The van der Waals surface area contributed by atoms with Crippen LogP contribution in [-0.4, -0.2) is 55.7 Å². The molecule has 2 atom stereocenters. The number of nitrogens with zero attached hydrogens (tertiary/aromatic N) is 4. The molecule has 5 aromatic rings. The van der Waals surface area contributed by atoms with Gasteiger partial charge < -0.3 is 31.0 Å². The van der Waals surface area contributed by atoms with Crippen LogP contribution in [0.15, 0.2) is 80.5 Å². The van der Waals surface area contributed by atoms with Crippen molar-refractivity contribution < 1.29 is 10.2 Å². The maximum absolute atomic E-state index is 12.9. The molecule has 2 heterocycles. The molecule has 0 radical (unpaired) electrons. The highest BCUT2D eigenvalue weighted by Crippen LogP contribution is 2.24. The van der Waals surface area contributed by atoms with Crippen LogP contribution in [0.3, 0.4) is 0 Å². The largest absolute Gasteiger partial charge is 0.382 e. The van der Waals surface area contributed by atoms with Gasteiger partial charge in [0.25, 0.3) is 11.1 Å². The second kappa shape index (κ2) is 12.1. The monoisotopic (exact) mass is 606 g/mol. The predicted molar refractivity (Wildman–Crippen MR) is 162 cm³/mol. The second-order valence-corrected chi connectivity index (χ2v) is 9.94. The molecule has 0 fully saturated rings. The number of hydrogen-bond donors (Lipinski definition) is 6. The standard InChI is InChI=1S/C28H24Cl2N8O4/c1-31-37-21(23-27(41)35-19-11-15(29)7-9-17(19)33-23)25(39)13-3-5-14(6-4-13)26(40)22(38-32-2)24-28(42)36-20-12-16(30)8-10-18(20)34-24/h3-12,25-26,31-32,39-40H,1-2H3,(H,35,41)(H,36,42)/b37-21+,38-22+/t25-,26+. The van der Waals surface area contributed by atoms with Gasteiger partial charge in [0.05, 0.1) is 22.1 Å². The van der Waals surface area contributed by atoms with Crippen molar-refractivity contribution in [2.24, 2.45) is 10.2 Å². The molecule has 6 N–H and O–H groups in total. The molecular weight excluding hydrogens is 583 g/mol. The molecule has 0 bridgehead atoms. The topological polar surface area (TPSA) is 181 Å². The number of rotatable bonds is 8. The highest BCUT2D eigenvalue weighted by atomic mass is 35.5. The van der Waals surface area contributed by atoms with Crippen LogP contribution < -0.4 is 22.0 Å². The fourth-order valence-electron chi connectivity index (χ4n) is 4.37. The molecule has 2 aromatic heterocycles. The van der Waals surface area contributed by atoms with Crippen LogP contribution in [0, 0.1) is 0 Å². The van der Waals surface area contributed by atoms with E-state index >= 15 is 0 Å². The Morgan fingerprint density at radius 3 is 1.45 bits per heavy atom. The lowest BCUT2D eigenvalue weighted by Gasteiger charge is -2.17. The van der Waals surface area contributed by atoms with E-state index in [0.29, 0.717) is 43.2 Å². The Labute approximate surface area is 247 Å². The van der Waals surface area contributed by atoms with E-state index in [0.717, 1.165) is 0 Å². The summed E-state index contributed by atoms with van der Waals surface area (Å²) in [7, 11) is 3.06. The van der Waals surface area contributed by atoms with Crippen LogP contribution in [0.4, 0.5) is 0 Å². The summed E-state index contributed by atoms with van der Waals surface area (Å²) in [5.41, 5.74) is 6.41. The van der Waals surface area contributed by atoms with Crippen LogP contribution in [0.2, 0.25) is 10.0 Å². The molecule has 12 nitrogen and oxygen atoms in total. The molecule has 0 unspecified atom stereocenters. The molecule has 0 spiro atoms. The summed E-state index contributed by atoms with van der Waals surface area (Å²) in [5.74, 6) is 0. The first-order chi connectivity index (χ1) is 20.2. The minimum absolute atomic E-state index is 0.0201.